The van der Waals surface area contributed by atoms with Gasteiger partial charge in [-0.25, -0.2) is 4.98 Å². The van der Waals surface area contributed by atoms with Crippen LogP contribution in [0.25, 0.3) is 4.96 Å². The quantitative estimate of drug-likeness (QED) is 0.720. The van der Waals surface area contributed by atoms with Gasteiger partial charge < -0.3 is 0 Å². The lowest BCUT2D eigenvalue weighted by molar-refractivity contribution is 0.815. The second-order valence-electron chi connectivity index (χ2n) is 3.67. The average Bonchev–Trinajstić information content (AvgIpc) is 2.45. The van der Waals surface area contributed by atoms with E-state index < -0.39 is 0 Å². The van der Waals surface area contributed by atoms with Crippen LogP contribution in [0.2, 0.25) is 0 Å². The summed E-state index contributed by atoms with van der Waals surface area (Å²) >= 11 is 1.55. The van der Waals surface area contributed by atoms with Gasteiger partial charge in [-0.15, -0.1) is 11.3 Å². The normalized spacial score (nSPS) is 11.4. The molecule has 0 aliphatic rings. The van der Waals surface area contributed by atoms with Crippen LogP contribution >= 0.6 is 11.3 Å². The molecule has 0 fully saturated rings. The Kier molecular flexibility index (Phi) is 2.15. The predicted molar refractivity (Wildman–Crippen MR) is 58.2 cm³/mol. The second-order valence-corrected chi connectivity index (χ2v) is 4.88. The van der Waals surface area contributed by atoms with Gasteiger partial charge in [-0.05, 0) is 12.8 Å². The van der Waals surface area contributed by atoms with Gasteiger partial charge in [-0.2, -0.15) is 0 Å². The van der Waals surface area contributed by atoms with E-state index in [1.54, 1.807) is 21.8 Å². The molecule has 2 aromatic heterocycles. The van der Waals surface area contributed by atoms with E-state index in [-0.39, 0.29) is 5.56 Å². The average molecular weight is 208 g/mol. The summed E-state index contributed by atoms with van der Waals surface area (Å²) in [5.74, 6) is 0.301. The molecule has 0 saturated heterocycles. The number of thiazole rings is 1. The molecule has 0 radical (unpaired) electrons. The van der Waals surface area contributed by atoms with Gasteiger partial charge >= 0.3 is 0 Å². The third-order valence-electron chi connectivity index (χ3n) is 2.09. The summed E-state index contributed by atoms with van der Waals surface area (Å²) in [7, 11) is 0. The first-order valence-electron chi connectivity index (χ1n) is 4.57. The van der Waals surface area contributed by atoms with Crippen LogP contribution in [0.5, 0.6) is 0 Å². The molecule has 0 saturated carbocycles. The Hall–Kier alpha value is -1.16. The molecule has 0 aliphatic carbocycles. The zero-order valence-corrected chi connectivity index (χ0v) is 9.26. The van der Waals surface area contributed by atoms with E-state index in [0.29, 0.717) is 5.92 Å². The van der Waals surface area contributed by atoms with Crippen LogP contribution in [0.1, 0.15) is 30.3 Å². The van der Waals surface area contributed by atoms with Crippen LogP contribution in [0.15, 0.2) is 17.1 Å². The minimum Gasteiger partial charge on any atom is -0.269 e. The summed E-state index contributed by atoms with van der Waals surface area (Å²) in [6, 6.07) is 1.61. The number of hydrogen-bond acceptors (Lipinski definition) is 3. The van der Waals surface area contributed by atoms with E-state index >= 15 is 0 Å². The Morgan fingerprint density at radius 1 is 1.50 bits per heavy atom. The summed E-state index contributed by atoms with van der Waals surface area (Å²) in [6.07, 6.45) is 1.83. The zero-order valence-electron chi connectivity index (χ0n) is 8.44. The first kappa shape index (κ1) is 9.40. The third-order valence-corrected chi connectivity index (χ3v) is 2.99. The van der Waals surface area contributed by atoms with Crippen molar-refractivity contribution in [3.63, 3.8) is 0 Å². The van der Waals surface area contributed by atoms with Crippen molar-refractivity contribution in [2.24, 2.45) is 0 Å². The Labute approximate surface area is 86.0 Å². The van der Waals surface area contributed by atoms with Gasteiger partial charge in [-0.1, -0.05) is 13.8 Å². The fourth-order valence-electron chi connectivity index (χ4n) is 1.33. The number of rotatable bonds is 1. The van der Waals surface area contributed by atoms with Crippen molar-refractivity contribution in [1.29, 1.82) is 0 Å². The predicted octanol–water partition coefficient (Wildman–Crippen LogP) is 2.19. The third kappa shape index (κ3) is 1.46. The molecule has 0 amide bonds. The van der Waals surface area contributed by atoms with Crippen molar-refractivity contribution in [2.75, 3.05) is 0 Å². The molecule has 14 heavy (non-hydrogen) atoms. The van der Waals surface area contributed by atoms with Gasteiger partial charge in [-0.3, -0.25) is 9.20 Å². The molecule has 74 valence electrons. The lowest BCUT2D eigenvalue weighted by Gasteiger charge is -2.02. The number of hydrogen-bond donors (Lipinski definition) is 0. The maximum absolute atomic E-state index is 11.6. The molecule has 0 spiro atoms. The summed E-state index contributed by atoms with van der Waals surface area (Å²) in [4.78, 5) is 18.0. The summed E-state index contributed by atoms with van der Waals surface area (Å²) in [5, 5.41) is 0. The van der Waals surface area contributed by atoms with Crippen molar-refractivity contribution in [2.45, 2.75) is 26.7 Å². The summed E-state index contributed by atoms with van der Waals surface area (Å²) in [5.41, 5.74) is 0.889. The van der Waals surface area contributed by atoms with E-state index in [9.17, 15) is 4.79 Å². The number of aromatic nitrogens is 2. The van der Waals surface area contributed by atoms with Crippen LogP contribution in [0.4, 0.5) is 0 Å². The van der Waals surface area contributed by atoms with Crippen molar-refractivity contribution in [1.82, 2.24) is 9.38 Å². The maximum Gasteiger partial charge on any atom is 0.258 e. The molecule has 0 aliphatic heterocycles. The topological polar surface area (TPSA) is 34.4 Å². The van der Waals surface area contributed by atoms with E-state index in [4.69, 9.17) is 0 Å². The molecule has 0 unspecified atom stereocenters. The standard InChI is InChI=1S/C10H12N2OS/c1-6(2)8-4-9(13)12-5-7(3)14-10(12)11-8/h4-6H,1-3H3. The highest BCUT2D eigenvalue weighted by Gasteiger charge is 2.07. The van der Waals surface area contributed by atoms with Crippen LogP contribution in [0.3, 0.4) is 0 Å². The van der Waals surface area contributed by atoms with Crippen LogP contribution in [-0.4, -0.2) is 9.38 Å². The largest absolute Gasteiger partial charge is 0.269 e. The smallest absolute Gasteiger partial charge is 0.258 e. The molecule has 2 rings (SSSR count). The molecule has 3 nitrogen and oxygen atoms in total. The van der Waals surface area contributed by atoms with E-state index in [2.05, 4.69) is 4.98 Å². The lowest BCUT2D eigenvalue weighted by atomic mass is 10.1. The monoisotopic (exact) mass is 208 g/mol. The second kappa shape index (κ2) is 3.20. The highest BCUT2D eigenvalue weighted by Crippen LogP contribution is 2.16. The maximum atomic E-state index is 11.6. The van der Waals surface area contributed by atoms with Crippen LogP contribution < -0.4 is 5.56 Å². The molecular formula is C10H12N2OS. The van der Waals surface area contributed by atoms with E-state index in [0.717, 1.165) is 15.5 Å². The minimum absolute atomic E-state index is 0.0167. The van der Waals surface area contributed by atoms with Gasteiger partial charge in [0.15, 0.2) is 4.96 Å². The fourth-order valence-corrected chi connectivity index (χ4v) is 2.16. The molecule has 4 heteroatoms. The lowest BCUT2D eigenvalue weighted by Crippen LogP contribution is -2.13. The first-order chi connectivity index (χ1) is 6.58. The van der Waals surface area contributed by atoms with Crippen molar-refractivity contribution in [3.8, 4) is 0 Å². The molecule has 0 bridgehead atoms. The highest BCUT2D eigenvalue weighted by molar-refractivity contribution is 7.16. The first-order valence-corrected chi connectivity index (χ1v) is 5.39. The minimum atomic E-state index is 0.0167. The molecule has 0 atom stereocenters. The van der Waals surface area contributed by atoms with Crippen molar-refractivity contribution in [3.05, 3.63) is 33.2 Å². The Morgan fingerprint density at radius 3 is 2.86 bits per heavy atom. The Morgan fingerprint density at radius 2 is 2.21 bits per heavy atom. The summed E-state index contributed by atoms with van der Waals surface area (Å²) < 4.78 is 1.60. The SMILES string of the molecule is Cc1cn2c(=O)cc(C(C)C)nc2s1. The van der Waals surface area contributed by atoms with Gasteiger partial charge in [0.05, 0.1) is 5.69 Å². The van der Waals surface area contributed by atoms with Gasteiger partial charge in [0.1, 0.15) is 0 Å². The van der Waals surface area contributed by atoms with Gasteiger partial charge in [0, 0.05) is 17.1 Å². The molecule has 0 aromatic carbocycles. The van der Waals surface area contributed by atoms with Crippen LogP contribution in [0, 0.1) is 6.92 Å². The van der Waals surface area contributed by atoms with Crippen LogP contribution in [-0.2, 0) is 0 Å². The van der Waals surface area contributed by atoms with Crippen molar-refractivity contribution < 1.29 is 0 Å². The molecular weight excluding hydrogens is 196 g/mol. The molecule has 2 aromatic rings. The molecule has 2 heterocycles. The number of aryl methyl sites for hydroxylation is 1. The molecule has 0 N–H and O–H groups in total. The van der Waals surface area contributed by atoms with Gasteiger partial charge in [0.2, 0.25) is 0 Å². The number of nitrogens with zero attached hydrogens (tertiary/aromatic N) is 2. The van der Waals surface area contributed by atoms with E-state index in [1.165, 1.54) is 0 Å². The fraction of sp³-hybridized carbons (Fsp3) is 0.400. The Bertz CT molecular complexity index is 524. The summed E-state index contributed by atoms with van der Waals surface area (Å²) in [6.45, 7) is 6.06. The zero-order chi connectivity index (χ0) is 10.3. The van der Waals surface area contributed by atoms with Gasteiger partial charge in [0.25, 0.3) is 5.56 Å². The van der Waals surface area contributed by atoms with Crippen molar-refractivity contribution >= 4 is 16.3 Å². The Balaban J connectivity index is 2.78. The number of fused-ring (bicyclic) bond motifs is 1. The van der Waals surface area contributed by atoms with E-state index in [1.807, 2.05) is 27.0 Å². The highest BCUT2D eigenvalue weighted by atomic mass is 32.1.